The Hall–Kier alpha value is -3.30. The number of rotatable bonds is 5. The molecule has 178 valence electrons. The van der Waals surface area contributed by atoms with E-state index < -0.39 is 16.1 Å². The zero-order valence-corrected chi connectivity index (χ0v) is 20.3. The van der Waals surface area contributed by atoms with Crippen molar-refractivity contribution in [2.75, 3.05) is 5.32 Å². The Morgan fingerprint density at radius 3 is 2.41 bits per heavy atom. The number of carbonyl (C=O) groups is 1. The minimum absolute atomic E-state index is 0.0134. The molecule has 34 heavy (non-hydrogen) atoms. The third-order valence-electron chi connectivity index (χ3n) is 6.34. The van der Waals surface area contributed by atoms with Gasteiger partial charge in [0.1, 0.15) is 6.04 Å². The van der Waals surface area contributed by atoms with Gasteiger partial charge in [-0.2, -0.15) is 5.10 Å². The van der Waals surface area contributed by atoms with E-state index in [0.717, 1.165) is 24.0 Å². The molecule has 3 N–H and O–H groups in total. The molecule has 9 heteroatoms. The molecule has 0 saturated heterocycles. The number of sulfonamides is 1. The van der Waals surface area contributed by atoms with Crippen molar-refractivity contribution in [1.82, 2.24) is 9.78 Å². The highest BCUT2D eigenvalue weighted by Crippen LogP contribution is 2.31. The van der Waals surface area contributed by atoms with Crippen molar-refractivity contribution in [2.24, 2.45) is 5.14 Å². The molecule has 0 bridgehead atoms. The van der Waals surface area contributed by atoms with Gasteiger partial charge in [0, 0.05) is 16.8 Å². The number of hydrogen-bond donors (Lipinski definition) is 2. The SMILES string of the molecule is Cc1ccccc1NC(=O)[C@H](C)n1nc(-c2ccc(C)c(S(N)(=O)=O)c2)c2c(c1=O)CCCC2. The van der Waals surface area contributed by atoms with Crippen LogP contribution in [0.25, 0.3) is 11.3 Å². The number of primary sulfonamides is 1. The number of benzene rings is 2. The molecule has 1 aliphatic rings. The number of nitrogens with zero attached hydrogens (tertiary/aromatic N) is 2. The van der Waals surface area contributed by atoms with E-state index in [1.165, 1.54) is 10.7 Å². The van der Waals surface area contributed by atoms with Gasteiger partial charge in [0.2, 0.25) is 15.9 Å². The standard InChI is InChI=1S/C25H28N4O4S/c1-15-8-4-7-11-21(15)27-24(30)17(3)29-25(31)20-10-6-5-9-19(20)23(28-29)18-13-12-16(2)22(14-18)34(26,32)33/h4,7-8,11-14,17H,5-6,9-10H2,1-3H3,(H,27,30)(H2,26,32,33)/t17-/m0/s1. The summed E-state index contributed by atoms with van der Waals surface area (Å²) in [4.78, 5) is 26.4. The molecule has 0 saturated carbocycles. The van der Waals surface area contributed by atoms with E-state index in [4.69, 9.17) is 5.14 Å². The number of anilines is 1. The van der Waals surface area contributed by atoms with Crippen LogP contribution in [-0.2, 0) is 27.7 Å². The van der Waals surface area contributed by atoms with E-state index in [0.29, 0.717) is 40.9 Å². The minimum atomic E-state index is -3.93. The summed E-state index contributed by atoms with van der Waals surface area (Å²) in [7, 11) is -3.93. The van der Waals surface area contributed by atoms with Gasteiger partial charge in [-0.1, -0.05) is 30.3 Å². The van der Waals surface area contributed by atoms with Crippen LogP contribution < -0.4 is 16.0 Å². The number of aryl methyl sites for hydroxylation is 2. The van der Waals surface area contributed by atoms with Crippen molar-refractivity contribution in [2.45, 2.75) is 57.4 Å². The summed E-state index contributed by atoms with van der Waals surface area (Å²) in [5.41, 5.74) is 4.31. The van der Waals surface area contributed by atoms with Crippen LogP contribution in [-0.4, -0.2) is 24.1 Å². The minimum Gasteiger partial charge on any atom is -0.324 e. The Bertz CT molecular complexity index is 1440. The average Bonchev–Trinajstić information content (AvgIpc) is 2.80. The summed E-state index contributed by atoms with van der Waals surface area (Å²) in [6.45, 7) is 5.19. The first kappa shape index (κ1) is 23.8. The number of aromatic nitrogens is 2. The first-order valence-electron chi connectivity index (χ1n) is 11.2. The van der Waals surface area contributed by atoms with Crippen LogP contribution in [0.2, 0.25) is 0 Å². The van der Waals surface area contributed by atoms with Crippen LogP contribution in [0.1, 0.15) is 48.1 Å². The fourth-order valence-corrected chi connectivity index (χ4v) is 5.17. The Labute approximate surface area is 198 Å². The van der Waals surface area contributed by atoms with Crippen molar-refractivity contribution in [3.05, 3.63) is 75.1 Å². The van der Waals surface area contributed by atoms with Crippen LogP contribution in [0, 0.1) is 13.8 Å². The van der Waals surface area contributed by atoms with Gasteiger partial charge in [0.25, 0.3) is 5.56 Å². The molecule has 3 aromatic rings. The Morgan fingerprint density at radius 2 is 1.74 bits per heavy atom. The molecule has 1 aromatic heterocycles. The van der Waals surface area contributed by atoms with Crippen LogP contribution in [0.3, 0.4) is 0 Å². The monoisotopic (exact) mass is 480 g/mol. The summed E-state index contributed by atoms with van der Waals surface area (Å²) in [6.07, 6.45) is 3.02. The first-order valence-corrected chi connectivity index (χ1v) is 12.8. The molecule has 1 amide bonds. The van der Waals surface area contributed by atoms with E-state index in [1.54, 1.807) is 32.0 Å². The van der Waals surface area contributed by atoms with Crippen molar-refractivity contribution >= 4 is 21.6 Å². The predicted octanol–water partition coefficient (Wildman–Crippen LogP) is 3.25. The average molecular weight is 481 g/mol. The van der Waals surface area contributed by atoms with Gasteiger partial charge in [0.15, 0.2) is 0 Å². The van der Waals surface area contributed by atoms with Gasteiger partial charge in [-0.3, -0.25) is 9.59 Å². The van der Waals surface area contributed by atoms with Crippen molar-refractivity contribution in [1.29, 1.82) is 0 Å². The lowest BCUT2D eigenvalue weighted by molar-refractivity contribution is -0.119. The Balaban J connectivity index is 1.83. The second kappa shape index (κ2) is 9.15. The van der Waals surface area contributed by atoms with E-state index in [9.17, 15) is 18.0 Å². The summed E-state index contributed by atoms with van der Waals surface area (Å²) in [6, 6.07) is 11.5. The number of nitrogens with two attached hydrogens (primary N) is 1. The van der Waals surface area contributed by atoms with Gasteiger partial charge in [0.05, 0.1) is 10.6 Å². The molecular weight excluding hydrogens is 452 g/mol. The van der Waals surface area contributed by atoms with E-state index in [1.807, 2.05) is 25.1 Å². The molecule has 8 nitrogen and oxygen atoms in total. The fraction of sp³-hybridized carbons (Fsp3) is 0.320. The molecule has 1 atom stereocenters. The number of amides is 1. The number of carbonyl (C=O) groups excluding carboxylic acids is 1. The molecule has 0 spiro atoms. The maximum absolute atomic E-state index is 13.3. The highest BCUT2D eigenvalue weighted by Gasteiger charge is 2.26. The molecule has 0 radical (unpaired) electrons. The maximum atomic E-state index is 13.3. The zero-order valence-electron chi connectivity index (χ0n) is 19.5. The largest absolute Gasteiger partial charge is 0.324 e. The summed E-state index contributed by atoms with van der Waals surface area (Å²) in [5, 5.41) is 12.9. The van der Waals surface area contributed by atoms with E-state index in [-0.39, 0.29) is 16.4 Å². The zero-order chi connectivity index (χ0) is 24.6. The lowest BCUT2D eigenvalue weighted by atomic mass is 9.89. The smallest absolute Gasteiger partial charge is 0.271 e. The number of hydrogen-bond acceptors (Lipinski definition) is 5. The second-order valence-corrected chi connectivity index (χ2v) is 10.3. The molecule has 2 aromatic carbocycles. The van der Waals surface area contributed by atoms with Gasteiger partial charge >= 0.3 is 0 Å². The molecule has 0 fully saturated rings. The maximum Gasteiger partial charge on any atom is 0.271 e. The lowest BCUT2D eigenvalue weighted by Gasteiger charge is -2.23. The molecule has 0 unspecified atom stereocenters. The Morgan fingerprint density at radius 1 is 1.06 bits per heavy atom. The van der Waals surface area contributed by atoms with Crippen molar-refractivity contribution < 1.29 is 13.2 Å². The Kier molecular flexibility index (Phi) is 6.42. The van der Waals surface area contributed by atoms with Crippen LogP contribution in [0.15, 0.2) is 52.2 Å². The molecule has 1 aliphatic carbocycles. The normalized spacial score (nSPS) is 14.4. The van der Waals surface area contributed by atoms with Crippen molar-refractivity contribution in [3.8, 4) is 11.3 Å². The fourth-order valence-electron chi connectivity index (χ4n) is 4.36. The molecule has 4 rings (SSSR count). The first-order chi connectivity index (χ1) is 16.1. The number of fused-ring (bicyclic) bond motifs is 1. The number of nitrogens with one attached hydrogen (secondary N) is 1. The van der Waals surface area contributed by atoms with Crippen LogP contribution in [0.4, 0.5) is 5.69 Å². The summed E-state index contributed by atoms with van der Waals surface area (Å²) < 4.78 is 25.4. The molecule has 1 heterocycles. The summed E-state index contributed by atoms with van der Waals surface area (Å²) >= 11 is 0. The molecule has 0 aliphatic heterocycles. The summed E-state index contributed by atoms with van der Waals surface area (Å²) in [5.74, 6) is -0.361. The van der Waals surface area contributed by atoms with Crippen LogP contribution in [0.5, 0.6) is 0 Å². The van der Waals surface area contributed by atoms with Gasteiger partial charge < -0.3 is 5.32 Å². The highest BCUT2D eigenvalue weighted by molar-refractivity contribution is 7.89. The topological polar surface area (TPSA) is 124 Å². The van der Waals surface area contributed by atoms with Gasteiger partial charge in [-0.15, -0.1) is 0 Å². The lowest BCUT2D eigenvalue weighted by Crippen LogP contribution is -2.37. The van der Waals surface area contributed by atoms with Gasteiger partial charge in [-0.25, -0.2) is 18.2 Å². The van der Waals surface area contributed by atoms with Gasteiger partial charge in [-0.05, 0) is 75.3 Å². The van der Waals surface area contributed by atoms with Crippen molar-refractivity contribution in [3.63, 3.8) is 0 Å². The number of para-hydroxylation sites is 1. The molecular formula is C25H28N4O4S. The predicted molar refractivity (Wildman–Crippen MR) is 131 cm³/mol. The third kappa shape index (κ3) is 4.53. The highest BCUT2D eigenvalue weighted by atomic mass is 32.2. The second-order valence-electron chi connectivity index (χ2n) is 8.77. The van der Waals surface area contributed by atoms with E-state index >= 15 is 0 Å². The quantitative estimate of drug-likeness (QED) is 0.580. The van der Waals surface area contributed by atoms with Crippen LogP contribution >= 0.6 is 0 Å². The van der Waals surface area contributed by atoms with E-state index in [2.05, 4.69) is 10.4 Å². The third-order valence-corrected chi connectivity index (χ3v) is 7.40.